The van der Waals surface area contributed by atoms with E-state index in [-0.39, 0.29) is 5.82 Å². The van der Waals surface area contributed by atoms with E-state index in [0.717, 1.165) is 17.2 Å². The zero-order valence-corrected chi connectivity index (χ0v) is 9.63. The van der Waals surface area contributed by atoms with Gasteiger partial charge in [0, 0.05) is 7.05 Å². The lowest BCUT2D eigenvalue weighted by Gasteiger charge is -2.06. The van der Waals surface area contributed by atoms with Gasteiger partial charge in [-0.2, -0.15) is 4.98 Å². The summed E-state index contributed by atoms with van der Waals surface area (Å²) in [6, 6.07) is 7.49. The van der Waals surface area contributed by atoms with Crippen molar-refractivity contribution in [1.29, 1.82) is 0 Å². The first kappa shape index (κ1) is 10.6. The van der Waals surface area contributed by atoms with Gasteiger partial charge >= 0.3 is 0 Å². The van der Waals surface area contributed by atoms with Gasteiger partial charge < -0.3 is 5.32 Å². The van der Waals surface area contributed by atoms with Gasteiger partial charge in [-0.3, -0.25) is 4.57 Å². The maximum atomic E-state index is 13.8. The first-order chi connectivity index (χ1) is 8.79. The van der Waals surface area contributed by atoms with E-state index in [1.807, 2.05) is 24.3 Å². The molecule has 2 aromatic heterocycles. The summed E-state index contributed by atoms with van der Waals surface area (Å²) < 4.78 is 15.4. The Morgan fingerprint density at radius 1 is 1.22 bits per heavy atom. The fraction of sp³-hybridized carbons (Fsp3) is 0.0833. The van der Waals surface area contributed by atoms with E-state index in [1.54, 1.807) is 17.9 Å². The number of fused-ring (bicyclic) bond motifs is 1. The minimum absolute atomic E-state index is 0.183. The molecule has 0 aliphatic carbocycles. The minimum atomic E-state index is -0.489. The van der Waals surface area contributed by atoms with Crippen molar-refractivity contribution in [3.63, 3.8) is 0 Å². The van der Waals surface area contributed by atoms with Gasteiger partial charge in [0.05, 0.1) is 17.2 Å². The predicted octanol–water partition coefficient (Wildman–Crippen LogP) is 2.00. The molecule has 0 amide bonds. The maximum Gasteiger partial charge on any atom is 0.224 e. The van der Waals surface area contributed by atoms with E-state index < -0.39 is 5.82 Å². The van der Waals surface area contributed by atoms with Gasteiger partial charge in [-0.05, 0) is 12.1 Å². The molecule has 90 valence electrons. The lowest BCUT2D eigenvalue weighted by atomic mass is 10.3. The average Bonchev–Trinajstić information content (AvgIpc) is 2.83. The van der Waals surface area contributed by atoms with E-state index >= 15 is 0 Å². The SMILES string of the molecule is CNc1ncc(F)c(-n2cnc3ccccc32)n1. The normalized spacial score (nSPS) is 10.8. The molecule has 18 heavy (non-hydrogen) atoms. The van der Waals surface area contributed by atoms with Crippen molar-refractivity contribution < 1.29 is 4.39 Å². The van der Waals surface area contributed by atoms with Gasteiger partial charge in [-0.1, -0.05) is 12.1 Å². The number of aromatic nitrogens is 4. The van der Waals surface area contributed by atoms with Crippen LogP contribution in [0.3, 0.4) is 0 Å². The van der Waals surface area contributed by atoms with Gasteiger partial charge in [-0.25, -0.2) is 14.4 Å². The Balaban J connectivity index is 2.25. The van der Waals surface area contributed by atoms with Gasteiger partial charge in [0.2, 0.25) is 5.95 Å². The summed E-state index contributed by atoms with van der Waals surface area (Å²) >= 11 is 0. The molecule has 0 radical (unpaired) electrons. The molecule has 6 heteroatoms. The molecule has 0 saturated carbocycles. The largest absolute Gasteiger partial charge is 0.357 e. The van der Waals surface area contributed by atoms with Crippen molar-refractivity contribution in [2.75, 3.05) is 12.4 Å². The lowest BCUT2D eigenvalue weighted by molar-refractivity contribution is 0.604. The smallest absolute Gasteiger partial charge is 0.224 e. The topological polar surface area (TPSA) is 55.6 Å². The highest BCUT2D eigenvalue weighted by atomic mass is 19.1. The van der Waals surface area contributed by atoms with Crippen LogP contribution in [-0.2, 0) is 0 Å². The second kappa shape index (κ2) is 4.06. The number of halogens is 1. The highest BCUT2D eigenvalue weighted by Gasteiger charge is 2.11. The Kier molecular flexibility index (Phi) is 2.40. The fourth-order valence-corrected chi connectivity index (χ4v) is 1.78. The molecule has 3 rings (SSSR count). The van der Waals surface area contributed by atoms with E-state index in [9.17, 15) is 4.39 Å². The molecule has 0 aliphatic heterocycles. The quantitative estimate of drug-likeness (QED) is 0.748. The summed E-state index contributed by atoms with van der Waals surface area (Å²) in [6.45, 7) is 0. The Labute approximate surface area is 102 Å². The summed E-state index contributed by atoms with van der Waals surface area (Å²) in [5.74, 6) is 0.0596. The number of benzene rings is 1. The van der Waals surface area contributed by atoms with E-state index in [4.69, 9.17) is 0 Å². The Bertz CT molecular complexity index is 707. The Morgan fingerprint density at radius 3 is 2.89 bits per heavy atom. The molecule has 0 saturated heterocycles. The molecule has 0 spiro atoms. The van der Waals surface area contributed by atoms with Crippen molar-refractivity contribution in [3.05, 3.63) is 42.6 Å². The van der Waals surface area contributed by atoms with Crippen LogP contribution in [0.25, 0.3) is 16.9 Å². The standard InChI is InChI=1S/C12H10FN5/c1-14-12-15-6-8(13)11(17-12)18-7-16-9-4-2-3-5-10(9)18/h2-7H,1H3,(H,14,15,17). The van der Waals surface area contributed by atoms with E-state index in [0.29, 0.717) is 5.95 Å². The third-order valence-corrected chi connectivity index (χ3v) is 2.63. The van der Waals surface area contributed by atoms with Crippen LogP contribution in [0.5, 0.6) is 0 Å². The number of anilines is 1. The molecular formula is C12H10FN5. The summed E-state index contributed by atoms with van der Waals surface area (Å²) in [5, 5.41) is 2.78. The number of rotatable bonds is 2. The van der Waals surface area contributed by atoms with Gasteiger partial charge in [0.1, 0.15) is 6.33 Å². The van der Waals surface area contributed by atoms with Gasteiger partial charge in [0.25, 0.3) is 0 Å². The number of hydrogen-bond donors (Lipinski definition) is 1. The van der Waals surface area contributed by atoms with Crippen LogP contribution in [0.2, 0.25) is 0 Å². The van der Waals surface area contributed by atoms with Crippen LogP contribution in [0.15, 0.2) is 36.8 Å². The Morgan fingerprint density at radius 2 is 2.06 bits per heavy atom. The molecule has 5 nitrogen and oxygen atoms in total. The zero-order chi connectivity index (χ0) is 12.5. The van der Waals surface area contributed by atoms with Crippen LogP contribution in [0, 0.1) is 5.82 Å². The molecule has 0 unspecified atom stereocenters. The van der Waals surface area contributed by atoms with Crippen LogP contribution in [0.4, 0.5) is 10.3 Å². The third-order valence-electron chi connectivity index (χ3n) is 2.63. The monoisotopic (exact) mass is 243 g/mol. The van der Waals surface area contributed by atoms with Crippen molar-refractivity contribution in [3.8, 4) is 5.82 Å². The first-order valence-corrected chi connectivity index (χ1v) is 5.42. The summed E-state index contributed by atoms with van der Waals surface area (Å²) in [7, 11) is 1.68. The lowest BCUT2D eigenvalue weighted by Crippen LogP contribution is -2.05. The summed E-state index contributed by atoms with van der Waals surface area (Å²) in [5.41, 5.74) is 1.60. The average molecular weight is 243 g/mol. The molecule has 1 N–H and O–H groups in total. The van der Waals surface area contributed by atoms with Crippen LogP contribution in [-0.4, -0.2) is 26.6 Å². The van der Waals surface area contributed by atoms with Crippen molar-refractivity contribution >= 4 is 17.0 Å². The van der Waals surface area contributed by atoms with Crippen molar-refractivity contribution in [2.45, 2.75) is 0 Å². The van der Waals surface area contributed by atoms with Crippen LogP contribution < -0.4 is 5.32 Å². The third kappa shape index (κ3) is 1.58. The van der Waals surface area contributed by atoms with Gasteiger partial charge in [0.15, 0.2) is 11.6 Å². The minimum Gasteiger partial charge on any atom is -0.357 e. The number of nitrogens with zero attached hydrogens (tertiary/aromatic N) is 4. The van der Waals surface area contributed by atoms with E-state index in [2.05, 4.69) is 20.3 Å². The first-order valence-electron chi connectivity index (χ1n) is 5.42. The Hall–Kier alpha value is -2.50. The van der Waals surface area contributed by atoms with E-state index in [1.165, 1.54) is 0 Å². The molecule has 1 aromatic carbocycles. The van der Waals surface area contributed by atoms with Crippen molar-refractivity contribution in [2.24, 2.45) is 0 Å². The fourth-order valence-electron chi connectivity index (χ4n) is 1.78. The molecular weight excluding hydrogens is 233 g/mol. The molecule has 2 heterocycles. The van der Waals surface area contributed by atoms with Crippen LogP contribution in [0.1, 0.15) is 0 Å². The summed E-state index contributed by atoms with van der Waals surface area (Å²) in [4.78, 5) is 12.1. The molecule has 0 bridgehead atoms. The zero-order valence-electron chi connectivity index (χ0n) is 9.63. The van der Waals surface area contributed by atoms with Crippen molar-refractivity contribution in [1.82, 2.24) is 19.5 Å². The number of hydrogen-bond acceptors (Lipinski definition) is 4. The number of imidazole rings is 1. The molecule has 3 aromatic rings. The molecule has 0 aliphatic rings. The maximum absolute atomic E-state index is 13.8. The predicted molar refractivity (Wildman–Crippen MR) is 66.2 cm³/mol. The van der Waals surface area contributed by atoms with Gasteiger partial charge in [-0.15, -0.1) is 0 Å². The second-order valence-corrected chi connectivity index (χ2v) is 3.72. The highest BCUT2D eigenvalue weighted by Crippen LogP contribution is 2.18. The molecule has 0 atom stereocenters. The molecule has 0 fully saturated rings. The number of para-hydroxylation sites is 2. The summed E-state index contributed by atoms with van der Waals surface area (Å²) in [6.07, 6.45) is 2.69. The van der Waals surface area contributed by atoms with Crippen LogP contribution >= 0.6 is 0 Å². The second-order valence-electron chi connectivity index (χ2n) is 3.72. The highest BCUT2D eigenvalue weighted by molar-refractivity contribution is 5.76. The number of nitrogens with one attached hydrogen (secondary N) is 1.